The first-order valence-corrected chi connectivity index (χ1v) is 18.7. The number of ether oxygens (including phenoxy) is 10. The van der Waals surface area contributed by atoms with Crippen molar-refractivity contribution >= 4 is 17.7 Å². The highest BCUT2D eigenvalue weighted by atomic mass is 32.2. The van der Waals surface area contributed by atoms with Gasteiger partial charge in [-0.3, -0.25) is 4.79 Å². The number of hydrogen-bond donors (Lipinski definition) is 0. The topological polar surface area (TPSA) is 109 Å². The van der Waals surface area contributed by atoms with Gasteiger partial charge >= 0.3 is 5.97 Å². The van der Waals surface area contributed by atoms with Crippen LogP contribution in [0.25, 0.3) is 0 Å². The summed E-state index contributed by atoms with van der Waals surface area (Å²) in [5, 5.41) is 0. The molecule has 0 unspecified atom stereocenters. The summed E-state index contributed by atoms with van der Waals surface area (Å²) in [5.41, 5.74) is 1.58. The standard InChI is InChI=1S/C40H48O11S/c1-25(41)42-23-29-31-33(50-39(2,3)48-31)35(43-21-26-15-9-6-10-16-26)37(46-29)45-24-30-32-34(51-40(4,5)49-32)36(44-22-27-17-11-7-12-18-27)38(47-30)52-28-19-13-8-14-20-28/h6-20,29-38H,21-24H2,1-5H3/t29-,30-,31+,32+,33+,34+,35-,36-,37-,38+/m1/s1. The Labute approximate surface area is 309 Å². The Kier molecular flexibility index (Phi) is 11.7. The lowest BCUT2D eigenvalue weighted by Crippen LogP contribution is -2.61. The largest absolute Gasteiger partial charge is 0.463 e. The van der Waals surface area contributed by atoms with Gasteiger partial charge in [0, 0.05) is 11.8 Å². The number of rotatable bonds is 13. The number of carbonyl (C=O) groups excluding carboxylic acids is 1. The fourth-order valence-electron chi connectivity index (χ4n) is 7.08. The molecule has 10 atom stereocenters. The van der Waals surface area contributed by atoms with Gasteiger partial charge in [0.2, 0.25) is 0 Å². The molecular weight excluding hydrogens is 688 g/mol. The summed E-state index contributed by atoms with van der Waals surface area (Å²) >= 11 is 1.57. The molecule has 4 fully saturated rings. The maximum Gasteiger partial charge on any atom is 0.302 e. The molecule has 7 rings (SSSR count). The average molecular weight is 737 g/mol. The third-order valence-electron chi connectivity index (χ3n) is 9.30. The van der Waals surface area contributed by atoms with Crippen LogP contribution in [-0.2, 0) is 65.4 Å². The predicted octanol–water partition coefficient (Wildman–Crippen LogP) is 6.02. The van der Waals surface area contributed by atoms with Gasteiger partial charge in [-0.1, -0.05) is 90.6 Å². The van der Waals surface area contributed by atoms with E-state index in [9.17, 15) is 4.79 Å². The SMILES string of the molecule is CC(=O)OC[C@H]1O[C@@H](OC[C@H]2O[C@@H](Sc3ccccc3)[C@H](OCc3ccccc3)[C@H]3OC(C)(C)O[C@H]32)[C@H](OCc2ccccc2)[C@H]2OC(C)(C)O[C@H]21. The highest BCUT2D eigenvalue weighted by molar-refractivity contribution is 7.99. The maximum absolute atomic E-state index is 11.9. The Bertz CT molecular complexity index is 1590. The molecule has 0 radical (unpaired) electrons. The average Bonchev–Trinajstić information content (AvgIpc) is 3.64. The fourth-order valence-corrected chi connectivity index (χ4v) is 8.23. The van der Waals surface area contributed by atoms with Crippen LogP contribution in [-0.4, -0.2) is 91.3 Å². The lowest BCUT2D eigenvalue weighted by atomic mass is 9.98. The highest BCUT2D eigenvalue weighted by Gasteiger charge is 2.59. The summed E-state index contributed by atoms with van der Waals surface area (Å²) in [7, 11) is 0. The van der Waals surface area contributed by atoms with Gasteiger partial charge in [-0.05, 0) is 51.0 Å². The van der Waals surface area contributed by atoms with Crippen molar-refractivity contribution in [2.75, 3.05) is 13.2 Å². The summed E-state index contributed by atoms with van der Waals surface area (Å²) in [4.78, 5) is 12.9. The second-order valence-corrected chi connectivity index (χ2v) is 15.5. The third kappa shape index (κ3) is 9.07. The first kappa shape index (κ1) is 37.4. The van der Waals surface area contributed by atoms with Gasteiger partial charge < -0.3 is 47.4 Å². The third-order valence-corrected chi connectivity index (χ3v) is 10.5. The molecule has 3 aromatic carbocycles. The van der Waals surface area contributed by atoms with Crippen LogP contribution in [0.4, 0.5) is 0 Å². The molecule has 11 nitrogen and oxygen atoms in total. The van der Waals surface area contributed by atoms with Crippen LogP contribution < -0.4 is 0 Å². The van der Waals surface area contributed by atoms with E-state index in [1.54, 1.807) is 11.8 Å². The van der Waals surface area contributed by atoms with E-state index in [2.05, 4.69) is 0 Å². The molecule has 4 aliphatic rings. The lowest BCUT2D eigenvalue weighted by Gasteiger charge is -2.44. The van der Waals surface area contributed by atoms with Crippen LogP contribution in [0.15, 0.2) is 95.9 Å². The number of esters is 1. The van der Waals surface area contributed by atoms with E-state index >= 15 is 0 Å². The normalized spacial score (nSPS) is 33.2. The van der Waals surface area contributed by atoms with Crippen molar-refractivity contribution in [1.29, 1.82) is 0 Å². The number of benzene rings is 3. The Hall–Kier alpha value is -2.88. The Morgan fingerprint density at radius 1 is 0.615 bits per heavy atom. The van der Waals surface area contributed by atoms with Gasteiger partial charge in [0.05, 0.1) is 19.8 Å². The molecule has 0 N–H and O–H groups in total. The second kappa shape index (κ2) is 16.2. The van der Waals surface area contributed by atoms with Crippen LogP contribution in [0.5, 0.6) is 0 Å². The van der Waals surface area contributed by atoms with Crippen LogP contribution in [0.1, 0.15) is 45.7 Å². The zero-order chi connectivity index (χ0) is 36.3. The number of fused-ring (bicyclic) bond motifs is 2. The molecule has 4 heterocycles. The van der Waals surface area contributed by atoms with Crippen LogP contribution in [0.3, 0.4) is 0 Å². The monoisotopic (exact) mass is 736 g/mol. The number of hydrogen-bond acceptors (Lipinski definition) is 12. The quantitative estimate of drug-likeness (QED) is 0.192. The van der Waals surface area contributed by atoms with Crippen molar-refractivity contribution in [1.82, 2.24) is 0 Å². The summed E-state index contributed by atoms with van der Waals surface area (Å²) in [6.07, 6.45) is -5.39. The molecular formula is C40H48O11S. The van der Waals surface area contributed by atoms with Crippen molar-refractivity contribution in [2.45, 2.75) is 125 Å². The lowest BCUT2D eigenvalue weighted by molar-refractivity contribution is -0.304. The van der Waals surface area contributed by atoms with Crippen molar-refractivity contribution in [3.8, 4) is 0 Å². The van der Waals surface area contributed by atoms with Gasteiger partial charge in [-0.2, -0.15) is 0 Å². The molecule has 52 heavy (non-hydrogen) atoms. The minimum Gasteiger partial charge on any atom is -0.463 e. The van der Waals surface area contributed by atoms with Gasteiger partial charge in [-0.25, -0.2) is 0 Å². The first-order valence-electron chi connectivity index (χ1n) is 17.8. The smallest absolute Gasteiger partial charge is 0.302 e. The molecule has 12 heteroatoms. The van der Waals surface area contributed by atoms with Crippen LogP contribution >= 0.6 is 11.8 Å². The minimum absolute atomic E-state index is 0.0345. The zero-order valence-corrected chi connectivity index (χ0v) is 31.0. The molecule has 4 saturated heterocycles. The molecule has 0 aliphatic carbocycles. The van der Waals surface area contributed by atoms with Crippen LogP contribution in [0.2, 0.25) is 0 Å². The van der Waals surface area contributed by atoms with Crippen molar-refractivity contribution in [2.24, 2.45) is 0 Å². The molecule has 4 aliphatic heterocycles. The van der Waals surface area contributed by atoms with Crippen molar-refractivity contribution < 1.29 is 52.2 Å². The van der Waals surface area contributed by atoms with E-state index < -0.39 is 78.1 Å². The van der Waals surface area contributed by atoms with E-state index in [1.165, 1.54) is 6.92 Å². The van der Waals surface area contributed by atoms with Crippen molar-refractivity contribution in [3.05, 3.63) is 102 Å². The van der Waals surface area contributed by atoms with Gasteiger partial charge in [0.15, 0.2) is 17.9 Å². The fraction of sp³-hybridized carbons (Fsp3) is 0.525. The second-order valence-electron chi connectivity index (χ2n) is 14.3. The number of thioether (sulfide) groups is 1. The first-order chi connectivity index (χ1) is 25.0. The van der Waals surface area contributed by atoms with E-state index in [0.717, 1.165) is 16.0 Å². The molecule has 3 aromatic rings. The highest BCUT2D eigenvalue weighted by Crippen LogP contribution is 2.44. The number of carbonyl (C=O) groups is 1. The summed E-state index contributed by atoms with van der Waals surface area (Å²) < 4.78 is 64.4. The summed E-state index contributed by atoms with van der Waals surface area (Å²) in [6, 6.07) is 30.0. The Morgan fingerprint density at radius 2 is 1.10 bits per heavy atom. The predicted molar refractivity (Wildman–Crippen MR) is 190 cm³/mol. The summed E-state index contributed by atoms with van der Waals surface area (Å²) in [6.45, 7) is 9.56. The molecule has 0 amide bonds. The Morgan fingerprint density at radius 3 is 1.65 bits per heavy atom. The molecule has 0 saturated carbocycles. The van der Waals surface area contributed by atoms with E-state index in [1.807, 2.05) is 119 Å². The summed E-state index contributed by atoms with van der Waals surface area (Å²) in [5.74, 6) is -2.23. The minimum atomic E-state index is -0.923. The van der Waals surface area contributed by atoms with Gasteiger partial charge in [0.25, 0.3) is 0 Å². The van der Waals surface area contributed by atoms with E-state index in [-0.39, 0.29) is 13.2 Å². The molecule has 280 valence electrons. The van der Waals surface area contributed by atoms with Gasteiger partial charge in [-0.15, -0.1) is 0 Å². The van der Waals surface area contributed by atoms with E-state index in [0.29, 0.717) is 13.2 Å². The Balaban J connectivity index is 1.14. The van der Waals surface area contributed by atoms with Gasteiger partial charge in [0.1, 0.15) is 60.9 Å². The molecule has 0 bridgehead atoms. The molecule has 0 spiro atoms. The maximum atomic E-state index is 11.9. The molecule has 0 aromatic heterocycles. The zero-order valence-electron chi connectivity index (χ0n) is 30.2. The van der Waals surface area contributed by atoms with E-state index in [4.69, 9.17) is 47.4 Å². The van der Waals surface area contributed by atoms with Crippen LogP contribution in [0, 0.1) is 0 Å². The van der Waals surface area contributed by atoms with Crippen molar-refractivity contribution in [3.63, 3.8) is 0 Å².